The average Bonchev–Trinajstić information content (AvgIpc) is 2.96. The molecule has 0 aliphatic rings. The molecule has 104 valence electrons. The minimum absolute atomic E-state index is 0.112. The molecule has 0 saturated heterocycles. The van der Waals surface area contributed by atoms with Crippen LogP contribution < -0.4 is 5.32 Å². The SMILES string of the molecule is CNC(=O)/C(=C\c1c[nH]c2ncccc12)c1ccccc1. The molecule has 0 aliphatic heterocycles. The maximum Gasteiger partial charge on any atom is 0.251 e. The first-order chi connectivity index (χ1) is 10.3. The van der Waals surface area contributed by atoms with Crippen LogP contribution in [0.2, 0.25) is 0 Å². The molecule has 1 amide bonds. The Balaban J connectivity index is 2.14. The monoisotopic (exact) mass is 277 g/mol. The largest absolute Gasteiger partial charge is 0.355 e. The van der Waals surface area contributed by atoms with Gasteiger partial charge in [0.2, 0.25) is 0 Å². The predicted molar refractivity (Wildman–Crippen MR) is 84.5 cm³/mol. The smallest absolute Gasteiger partial charge is 0.251 e. The lowest BCUT2D eigenvalue weighted by atomic mass is 10.0. The number of nitrogens with one attached hydrogen (secondary N) is 2. The number of H-pyrrole nitrogens is 1. The zero-order valence-corrected chi connectivity index (χ0v) is 11.6. The van der Waals surface area contributed by atoms with Gasteiger partial charge in [-0.3, -0.25) is 4.79 Å². The second kappa shape index (κ2) is 5.63. The summed E-state index contributed by atoms with van der Waals surface area (Å²) >= 11 is 0. The zero-order valence-electron chi connectivity index (χ0n) is 11.6. The molecule has 2 N–H and O–H groups in total. The van der Waals surface area contributed by atoms with E-state index in [4.69, 9.17) is 0 Å². The van der Waals surface area contributed by atoms with Crippen molar-refractivity contribution in [1.82, 2.24) is 15.3 Å². The molecular weight excluding hydrogens is 262 g/mol. The molecule has 0 spiro atoms. The highest BCUT2D eigenvalue weighted by Gasteiger charge is 2.11. The average molecular weight is 277 g/mol. The molecule has 0 bridgehead atoms. The van der Waals surface area contributed by atoms with Crippen LogP contribution in [0.1, 0.15) is 11.1 Å². The quantitative estimate of drug-likeness (QED) is 0.723. The standard InChI is InChI=1S/C17H15N3O/c1-18-17(21)15(12-6-3-2-4-7-12)10-13-11-20-16-14(13)8-5-9-19-16/h2-11H,1H3,(H,18,21)(H,19,20)/b15-10-. The first-order valence-corrected chi connectivity index (χ1v) is 6.71. The molecule has 0 aliphatic carbocycles. The van der Waals surface area contributed by atoms with Crippen molar-refractivity contribution >= 4 is 28.6 Å². The van der Waals surface area contributed by atoms with E-state index in [1.807, 2.05) is 54.7 Å². The van der Waals surface area contributed by atoms with Gasteiger partial charge in [-0.2, -0.15) is 0 Å². The highest BCUT2D eigenvalue weighted by atomic mass is 16.1. The van der Waals surface area contributed by atoms with Gasteiger partial charge in [0.05, 0.1) is 0 Å². The molecule has 1 aromatic carbocycles. The van der Waals surface area contributed by atoms with E-state index < -0.39 is 0 Å². The number of likely N-dealkylation sites (N-methyl/N-ethyl adjacent to an activating group) is 1. The summed E-state index contributed by atoms with van der Waals surface area (Å²) in [4.78, 5) is 19.5. The Morgan fingerprint density at radius 1 is 1.19 bits per heavy atom. The van der Waals surface area contributed by atoms with Gasteiger partial charge in [0.1, 0.15) is 5.65 Å². The molecule has 0 saturated carbocycles. The third-order valence-corrected chi connectivity index (χ3v) is 3.34. The number of pyridine rings is 1. The van der Waals surface area contributed by atoms with Crippen LogP contribution in [-0.2, 0) is 4.79 Å². The second-order valence-electron chi connectivity index (χ2n) is 4.65. The Labute approximate surface area is 122 Å². The van der Waals surface area contributed by atoms with E-state index in [2.05, 4.69) is 15.3 Å². The molecule has 0 unspecified atom stereocenters. The number of carbonyl (C=O) groups excluding carboxylic acids is 1. The number of hydrogen-bond donors (Lipinski definition) is 2. The Morgan fingerprint density at radius 3 is 2.76 bits per heavy atom. The molecule has 4 nitrogen and oxygen atoms in total. The number of aromatic amines is 1. The van der Waals surface area contributed by atoms with Gasteiger partial charge in [0.15, 0.2) is 0 Å². The summed E-state index contributed by atoms with van der Waals surface area (Å²) in [5, 5.41) is 3.69. The Kier molecular flexibility index (Phi) is 3.51. The van der Waals surface area contributed by atoms with Gasteiger partial charge in [-0.05, 0) is 23.8 Å². The van der Waals surface area contributed by atoms with Crippen molar-refractivity contribution in [3.63, 3.8) is 0 Å². The summed E-state index contributed by atoms with van der Waals surface area (Å²) in [6.07, 6.45) is 5.49. The molecule has 3 rings (SSSR count). The van der Waals surface area contributed by atoms with Crippen LogP contribution in [0.4, 0.5) is 0 Å². The van der Waals surface area contributed by atoms with Crippen LogP contribution in [0.25, 0.3) is 22.7 Å². The van der Waals surface area contributed by atoms with Crippen molar-refractivity contribution < 1.29 is 4.79 Å². The third-order valence-electron chi connectivity index (χ3n) is 3.34. The summed E-state index contributed by atoms with van der Waals surface area (Å²) in [5.74, 6) is -0.112. The number of benzene rings is 1. The van der Waals surface area contributed by atoms with E-state index in [1.165, 1.54) is 0 Å². The first kappa shape index (κ1) is 13.1. The van der Waals surface area contributed by atoms with Crippen molar-refractivity contribution in [2.45, 2.75) is 0 Å². The van der Waals surface area contributed by atoms with Crippen LogP contribution in [0, 0.1) is 0 Å². The van der Waals surface area contributed by atoms with Crippen molar-refractivity contribution in [3.05, 3.63) is 66.0 Å². The Morgan fingerprint density at radius 2 is 2.00 bits per heavy atom. The lowest BCUT2D eigenvalue weighted by Crippen LogP contribution is -2.19. The predicted octanol–water partition coefficient (Wildman–Crippen LogP) is 2.85. The molecule has 4 heteroatoms. The fourth-order valence-corrected chi connectivity index (χ4v) is 2.28. The lowest BCUT2D eigenvalue weighted by molar-refractivity contribution is -0.115. The van der Waals surface area contributed by atoms with E-state index in [9.17, 15) is 4.79 Å². The number of hydrogen-bond acceptors (Lipinski definition) is 2. The fraction of sp³-hybridized carbons (Fsp3) is 0.0588. The molecule has 0 fully saturated rings. The summed E-state index contributed by atoms with van der Waals surface area (Å²) in [6, 6.07) is 13.5. The van der Waals surface area contributed by atoms with E-state index >= 15 is 0 Å². The molecule has 21 heavy (non-hydrogen) atoms. The number of carbonyl (C=O) groups is 1. The molecule has 0 atom stereocenters. The molecule has 2 aromatic heterocycles. The second-order valence-corrected chi connectivity index (χ2v) is 4.65. The number of amides is 1. The van der Waals surface area contributed by atoms with E-state index in [0.717, 1.165) is 22.2 Å². The minimum atomic E-state index is -0.112. The van der Waals surface area contributed by atoms with Crippen LogP contribution >= 0.6 is 0 Å². The van der Waals surface area contributed by atoms with E-state index in [0.29, 0.717) is 5.57 Å². The summed E-state index contributed by atoms with van der Waals surface area (Å²) in [6.45, 7) is 0. The van der Waals surface area contributed by atoms with Crippen molar-refractivity contribution in [3.8, 4) is 0 Å². The van der Waals surface area contributed by atoms with Gasteiger partial charge in [-0.25, -0.2) is 4.98 Å². The van der Waals surface area contributed by atoms with Crippen molar-refractivity contribution in [2.24, 2.45) is 0 Å². The number of fused-ring (bicyclic) bond motifs is 1. The maximum absolute atomic E-state index is 12.2. The molecule has 0 radical (unpaired) electrons. The van der Waals surface area contributed by atoms with E-state index in [1.54, 1.807) is 13.2 Å². The normalized spacial score (nSPS) is 11.6. The number of rotatable bonds is 3. The van der Waals surface area contributed by atoms with Gasteiger partial charge in [-0.1, -0.05) is 30.3 Å². The van der Waals surface area contributed by atoms with Gasteiger partial charge >= 0.3 is 0 Å². The first-order valence-electron chi connectivity index (χ1n) is 6.71. The van der Waals surface area contributed by atoms with Gasteiger partial charge < -0.3 is 10.3 Å². The third kappa shape index (κ3) is 2.56. The van der Waals surface area contributed by atoms with E-state index in [-0.39, 0.29) is 5.91 Å². The van der Waals surface area contributed by atoms with Gasteiger partial charge in [-0.15, -0.1) is 0 Å². The highest BCUT2D eigenvalue weighted by molar-refractivity contribution is 6.24. The highest BCUT2D eigenvalue weighted by Crippen LogP contribution is 2.23. The lowest BCUT2D eigenvalue weighted by Gasteiger charge is -2.06. The van der Waals surface area contributed by atoms with Crippen LogP contribution in [0.3, 0.4) is 0 Å². The van der Waals surface area contributed by atoms with Gasteiger partial charge in [0.25, 0.3) is 5.91 Å². The fourth-order valence-electron chi connectivity index (χ4n) is 2.28. The summed E-state index contributed by atoms with van der Waals surface area (Å²) < 4.78 is 0. The van der Waals surface area contributed by atoms with Gasteiger partial charge in [0, 0.05) is 36.0 Å². The minimum Gasteiger partial charge on any atom is -0.355 e. The molecule has 2 heterocycles. The number of aromatic nitrogens is 2. The molecule has 3 aromatic rings. The Hall–Kier alpha value is -2.88. The van der Waals surface area contributed by atoms with Crippen LogP contribution in [0.15, 0.2) is 54.9 Å². The summed E-state index contributed by atoms with van der Waals surface area (Å²) in [7, 11) is 1.63. The van der Waals surface area contributed by atoms with Crippen molar-refractivity contribution in [2.75, 3.05) is 7.05 Å². The van der Waals surface area contributed by atoms with Crippen LogP contribution in [-0.4, -0.2) is 22.9 Å². The molecular formula is C17H15N3O. The Bertz CT molecular complexity index is 803. The van der Waals surface area contributed by atoms with Crippen LogP contribution in [0.5, 0.6) is 0 Å². The zero-order chi connectivity index (χ0) is 14.7. The topological polar surface area (TPSA) is 57.8 Å². The number of nitrogens with zero attached hydrogens (tertiary/aromatic N) is 1. The summed E-state index contributed by atoms with van der Waals surface area (Å²) in [5.41, 5.74) is 3.27. The maximum atomic E-state index is 12.2. The van der Waals surface area contributed by atoms with Crippen molar-refractivity contribution in [1.29, 1.82) is 0 Å².